The van der Waals surface area contributed by atoms with Crippen LogP contribution in [0.4, 0.5) is 20.2 Å². The fourth-order valence-corrected chi connectivity index (χ4v) is 2.19. The zero-order chi connectivity index (χ0) is 14.0. The number of anilines is 1. The van der Waals surface area contributed by atoms with Gasteiger partial charge in [-0.05, 0) is 13.0 Å². The average Bonchev–Trinajstić information content (AvgIpc) is 2.88. The maximum Gasteiger partial charge on any atom is 0.295 e. The van der Waals surface area contributed by atoms with E-state index in [-0.39, 0.29) is 0 Å². The summed E-state index contributed by atoms with van der Waals surface area (Å²) in [6.45, 7) is 1.68. The predicted octanol–water partition coefficient (Wildman–Crippen LogP) is 3.50. The summed E-state index contributed by atoms with van der Waals surface area (Å²) < 4.78 is 26.8. The van der Waals surface area contributed by atoms with Crippen LogP contribution in [0.15, 0.2) is 23.8 Å². The molecule has 1 aromatic carbocycles. The average molecular weight is 285 g/mol. The summed E-state index contributed by atoms with van der Waals surface area (Å²) in [5.41, 5.74) is 0.630. The molecule has 1 N–H and O–H groups in total. The number of hydrogen-bond donors (Lipinski definition) is 1. The molecule has 1 unspecified atom stereocenters. The first-order valence-electron chi connectivity index (χ1n) is 5.28. The molecule has 0 aliphatic carbocycles. The van der Waals surface area contributed by atoms with Crippen molar-refractivity contribution in [2.75, 3.05) is 5.32 Å². The lowest BCUT2D eigenvalue weighted by Gasteiger charge is -2.14. The van der Waals surface area contributed by atoms with Gasteiger partial charge >= 0.3 is 0 Å². The monoisotopic (exact) mass is 285 g/mol. The molecule has 0 bridgehead atoms. The number of nitrogens with zero attached hydrogens (tertiary/aromatic N) is 2. The molecule has 0 amide bonds. The second-order valence-corrected chi connectivity index (χ2v) is 4.70. The lowest BCUT2D eigenvalue weighted by molar-refractivity contribution is -0.384. The Hall–Kier alpha value is -2.09. The van der Waals surface area contributed by atoms with Gasteiger partial charge in [0.25, 0.3) is 5.69 Å². The second-order valence-electron chi connectivity index (χ2n) is 3.78. The van der Waals surface area contributed by atoms with Gasteiger partial charge in [0.1, 0.15) is 0 Å². The molecule has 0 spiro atoms. The Morgan fingerprint density at radius 1 is 1.47 bits per heavy atom. The molecule has 0 fully saturated rings. The van der Waals surface area contributed by atoms with E-state index in [1.807, 2.05) is 0 Å². The molecule has 0 aliphatic heterocycles. The van der Waals surface area contributed by atoms with Crippen LogP contribution in [0.25, 0.3) is 0 Å². The van der Waals surface area contributed by atoms with Gasteiger partial charge in [0, 0.05) is 17.1 Å². The Kier molecular flexibility index (Phi) is 3.70. The third-order valence-electron chi connectivity index (χ3n) is 2.51. The predicted molar refractivity (Wildman–Crippen MR) is 67.2 cm³/mol. The number of halogens is 2. The van der Waals surface area contributed by atoms with Crippen molar-refractivity contribution in [2.24, 2.45) is 0 Å². The van der Waals surface area contributed by atoms with E-state index in [2.05, 4.69) is 10.3 Å². The smallest absolute Gasteiger partial charge is 0.295 e. The summed E-state index contributed by atoms with van der Waals surface area (Å²) in [5.74, 6) is -2.39. The van der Waals surface area contributed by atoms with Crippen molar-refractivity contribution >= 4 is 22.7 Å². The van der Waals surface area contributed by atoms with Gasteiger partial charge in [-0.1, -0.05) is 0 Å². The van der Waals surface area contributed by atoms with Crippen molar-refractivity contribution in [2.45, 2.75) is 13.0 Å². The van der Waals surface area contributed by atoms with Crippen molar-refractivity contribution in [3.8, 4) is 0 Å². The largest absolute Gasteiger partial charge is 0.370 e. The highest BCUT2D eigenvalue weighted by Crippen LogP contribution is 2.32. The fraction of sp³-hybridized carbons (Fsp3) is 0.182. The zero-order valence-electron chi connectivity index (χ0n) is 9.76. The van der Waals surface area contributed by atoms with Gasteiger partial charge in [0.2, 0.25) is 0 Å². The summed E-state index contributed by atoms with van der Waals surface area (Å²) in [4.78, 5) is 14.7. The van der Waals surface area contributed by atoms with Crippen molar-refractivity contribution < 1.29 is 13.7 Å². The molecule has 2 aromatic rings. The van der Waals surface area contributed by atoms with Crippen LogP contribution in [0, 0.1) is 21.7 Å². The maximum absolute atomic E-state index is 13.7. The van der Waals surface area contributed by atoms with Gasteiger partial charge in [-0.3, -0.25) is 15.1 Å². The molecule has 0 saturated heterocycles. The van der Waals surface area contributed by atoms with Crippen LogP contribution < -0.4 is 5.32 Å². The topological polar surface area (TPSA) is 68.1 Å². The fourth-order valence-electron chi connectivity index (χ4n) is 1.56. The molecule has 1 heterocycles. The number of nitro groups is 1. The molecule has 100 valence electrons. The molecule has 2 rings (SSSR count). The van der Waals surface area contributed by atoms with Gasteiger partial charge < -0.3 is 5.32 Å². The quantitative estimate of drug-likeness (QED) is 0.689. The number of aromatic nitrogens is 1. The highest BCUT2D eigenvalue weighted by Gasteiger charge is 2.23. The van der Waals surface area contributed by atoms with Crippen molar-refractivity contribution in [3.63, 3.8) is 0 Å². The number of thiazole rings is 1. The Balaban J connectivity index is 2.38. The number of nitro benzene ring substituents is 1. The molecule has 1 atom stereocenters. The van der Waals surface area contributed by atoms with Gasteiger partial charge in [-0.2, -0.15) is 0 Å². The van der Waals surface area contributed by atoms with Crippen LogP contribution in [0.3, 0.4) is 0 Å². The van der Waals surface area contributed by atoms with E-state index >= 15 is 0 Å². The van der Waals surface area contributed by atoms with Gasteiger partial charge in [-0.25, -0.2) is 8.78 Å². The lowest BCUT2D eigenvalue weighted by Crippen LogP contribution is -2.09. The van der Waals surface area contributed by atoms with Crippen LogP contribution in [0.2, 0.25) is 0 Å². The number of benzene rings is 1. The molecule has 8 heteroatoms. The van der Waals surface area contributed by atoms with E-state index in [4.69, 9.17) is 0 Å². The van der Waals surface area contributed by atoms with Crippen LogP contribution in [0.5, 0.6) is 0 Å². The Labute approximate surface area is 111 Å². The van der Waals surface area contributed by atoms with Crippen molar-refractivity contribution in [1.29, 1.82) is 0 Å². The molecule has 1 aromatic heterocycles. The maximum atomic E-state index is 13.7. The molecule has 19 heavy (non-hydrogen) atoms. The first kappa shape index (κ1) is 13.3. The van der Waals surface area contributed by atoms with E-state index in [0.29, 0.717) is 0 Å². The second kappa shape index (κ2) is 5.27. The molecule has 0 radical (unpaired) electrons. The van der Waals surface area contributed by atoms with Crippen LogP contribution in [-0.2, 0) is 0 Å². The Morgan fingerprint density at radius 2 is 2.21 bits per heavy atom. The summed E-state index contributed by atoms with van der Waals surface area (Å²) >= 11 is 1.31. The molecule has 0 saturated carbocycles. The highest BCUT2D eigenvalue weighted by molar-refractivity contribution is 7.09. The third-order valence-corrected chi connectivity index (χ3v) is 3.47. The third kappa shape index (κ3) is 2.68. The molecule has 0 aliphatic rings. The first-order valence-corrected chi connectivity index (χ1v) is 6.16. The normalized spacial score (nSPS) is 12.2. The number of hydrogen-bond acceptors (Lipinski definition) is 5. The van der Waals surface area contributed by atoms with E-state index < -0.39 is 34.0 Å². The summed E-state index contributed by atoms with van der Waals surface area (Å²) in [6, 6.07) is 1.25. The highest BCUT2D eigenvalue weighted by atomic mass is 32.1. The first-order chi connectivity index (χ1) is 9.00. The Morgan fingerprint density at radius 3 is 2.79 bits per heavy atom. The van der Waals surface area contributed by atoms with E-state index in [0.717, 1.165) is 17.0 Å². The summed E-state index contributed by atoms with van der Waals surface area (Å²) in [7, 11) is 0. The summed E-state index contributed by atoms with van der Waals surface area (Å²) in [5, 5.41) is 13.4. The number of nitrogens with one attached hydrogen (secondary N) is 1. The minimum absolute atomic E-state index is 0.414. The van der Waals surface area contributed by atoms with Gasteiger partial charge in [0.15, 0.2) is 17.3 Å². The van der Waals surface area contributed by atoms with Crippen molar-refractivity contribution in [3.05, 3.63) is 50.5 Å². The van der Waals surface area contributed by atoms with E-state index in [1.54, 1.807) is 18.6 Å². The van der Waals surface area contributed by atoms with E-state index in [9.17, 15) is 18.9 Å². The van der Waals surface area contributed by atoms with Crippen LogP contribution in [0.1, 0.15) is 17.8 Å². The van der Waals surface area contributed by atoms with Crippen LogP contribution >= 0.6 is 11.3 Å². The Bertz CT molecular complexity index is 604. The summed E-state index contributed by atoms with van der Waals surface area (Å²) in [6.07, 6.45) is 1.56. The molecular weight excluding hydrogens is 276 g/mol. The zero-order valence-corrected chi connectivity index (χ0v) is 10.6. The minimum atomic E-state index is -1.26. The van der Waals surface area contributed by atoms with Gasteiger partial charge in [0.05, 0.1) is 16.5 Å². The molecular formula is C11H9F2N3O2S. The minimum Gasteiger partial charge on any atom is -0.370 e. The lowest BCUT2D eigenvalue weighted by atomic mass is 10.2. The SMILES string of the molecule is CC(Nc1c([N+](=O)[O-])ccc(F)c1F)c1cncs1. The van der Waals surface area contributed by atoms with Crippen LogP contribution in [-0.4, -0.2) is 9.91 Å². The van der Waals surface area contributed by atoms with E-state index in [1.165, 1.54) is 11.3 Å². The van der Waals surface area contributed by atoms with Gasteiger partial charge in [-0.15, -0.1) is 11.3 Å². The molecule has 5 nitrogen and oxygen atoms in total. The standard InChI is InChI=1S/C11H9F2N3O2S/c1-6(9-4-14-5-19-9)15-11-8(16(17)18)3-2-7(12)10(11)13/h2-6,15H,1H3. The van der Waals surface area contributed by atoms with Crippen molar-refractivity contribution in [1.82, 2.24) is 4.98 Å². The number of rotatable bonds is 4.